The van der Waals surface area contributed by atoms with Crippen LogP contribution < -0.4 is 26.7 Å². The van der Waals surface area contributed by atoms with Gasteiger partial charge in [0.15, 0.2) is 0 Å². The van der Waals surface area contributed by atoms with Crippen LogP contribution in [0, 0.1) is 11.8 Å². The molecule has 2 fully saturated rings. The van der Waals surface area contributed by atoms with Gasteiger partial charge >= 0.3 is 0 Å². The Labute approximate surface area is 257 Å². The van der Waals surface area contributed by atoms with E-state index in [1.165, 1.54) is 14.0 Å². The van der Waals surface area contributed by atoms with Crippen LogP contribution in [0.1, 0.15) is 45.6 Å². The number of aliphatic hydroxyl groups excluding tert-OH is 2. The van der Waals surface area contributed by atoms with Gasteiger partial charge in [0.05, 0.1) is 24.2 Å². The summed E-state index contributed by atoms with van der Waals surface area (Å²) in [5.41, 5.74) is 3.73. The van der Waals surface area contributed by atoms with E-state index in [4.69, 9.17) is 4.74 Å². The average molecular weight is 619 g/mol. The predicted octanol–water partition coefficient (Wildman–Crippen LogP) is -1.64. The lowest BCUT2D eigenvalue weighted by Crippen LogP contribution is -2.66. The summed E-state index contributed by atoms with van der Waals surface area (Å²) in [6, 6.07) is 5.13. The Morgan fingerprint density at radius 2 is 1.73 bits per heavy atom. The molecule has 244 valence electrons. The molecule has 0 unspecified atom stereocenters. The largest absolute Gasteiger partial charge is 0.390 e. The summed E-state index contributed by atoms with van der Waals surface area (Å²) in [6.45, 7) is 5.44. The molecular weight excluding hydrogens is 572 g/mol. The first-order valence-corrected chi connectivity index (χ1v) is 15.1. The van der Waals surface area contributed by atoms with Crippen LogP contribution in [0.5, 0.6) is 0 Å². The number of nitrogens with zero attached hydrogens (tertiary/aromatic N) is 1. The Hall–Kier alpha value is -3.59. The van der Waals surface area contributed by atoms with E-state index >= 15 is 0 Å². The van der Waals surface area contributed by atoms with Gasteiger partial charge in [-0.25, -0.2) is 5.43 Å². The Kier molecular flexibility index (Phi) is 13.1. The van der Waals surface area contributed by atoms with Gasteiger partial charge in [-0.2, -0.15) is 0 Å². The highest BCUT2D eigenvalue weighted by Crippen LogP contribution is 2.19. The molecule has 1 aromatic carbocycles. The number of rotatable bonds is 14. The van der Waals surface area contributed by atoms with E-state index in [0.717, 1.165) is 10.6 Å². The maximum Gasteiger partial charge on any atom is 0.262 e. The standard InChI is InChI=1S/C30H46N6O8/c1-17(2)25(38)24(35-23(37)16-44-4)30(43)36-22(11-8-13-32-36)29(42)34-21(15-19-9-6-5-7-10-19)26(39)18(3)27(40)33-20-12-14-31-28(20)41/h5-7,9-10,17-18,20-22,24-26,32,38-39H,8,11-16H2,1-4H3,(H,31,41)(H,33,40)(H,34,42)(H,35,37)/t18-,20-,21-,22-,24+,25+,26-/m0/s1. The van der Waals surface area contributed by atoms with Crippen molar-refractivity contribution in [2.45, 2.75) is 82.8 Å². The van der Waals surface area contributed by atoms with Crippen molar-refractivity contribution in [2.75, 3.05) is 26.8 Å². The van der Waals surface area contributed by atoms with Gasteiger partial charge in [-0.05, 0) is 37.2 Å². The number of benzene rings is 1. The monoisotopic (exact) mass is 618 g/mol. The molecular formula is C30H46N6O8. The van der Waals surface area contributed by atoms with E-state index in [9.17, 15) is 34.2 Å². The molecule has 1 aromatic rings. The molecule has 2 heterocycles. The highest BCUT2D eigenvalue weighted by atomic mass is 16.5. The minimum atomic E-state index is -1.35. The van der Waals surface area contributed by atoms with E-state index in [1.807, 2.05) is 30.3 Å². The van der Waals surface area contributed by atoms with Crippen molar-refractivity contribution in [3.8, 4) is 0 Å². The molecule has 2 saturated heterocycles. The Balaban J connectivity index is 1.81. The number of amides is 5. The summed E-state index contributed by atoms with van der Waals surface area (Å²) in [6.07, 6.45) is -1.12. The molecule has 3 rings (SSSR count). The van der Waals surface area contributed by atoms with Gasteiger partial charge < -0.3 is 36.2 Å². The highest BCUT2D eigenvalue weighted by Gasteiger charge is 2.41. The van der Waals surface area contributed by atoms with Crippen LogP contribution in [0.2, 0.25) is 0 Å². The maximum absolute atomic E-state index is 13.8. The fourth-order valence-corrected chi connectivity index (χ4v) is 5.33. The first-order chi connectivity index (χ1) is 20.9. The molecule has 7 atom stereocenters. The van der Waals surface area contributed by atoms with Crippen LogP contribution in [0.3, 0.4) is 0 Å². The Morgan fingerprint density at radius 3 is 2.34 bits per heavy atom. The fourth-order valence-electron chi connectivity index (χ4n) is 5.33. The zero-order valence-corrected chi connectivity index (χ0v) is 25.7. The summed E-state index contributed by atoms with van der Waals surface area (Å²) in [7, 11) is 1.33. The topological polar surface area (TPSA) is 198 Å². The van der Waals surface area contributed by atoms with Gasteiger partial charge in [-0.3, -0.25) is 29.0 Å². The van der Waals surface area contributed by atoms with Gasteiger partial charge in [0, 0.05) is 20.2 Å². The quantitative estimate of drug-likeness (QED) is 0.128. The normalized spacial score (nSPS) is 21.9. The number of ether oxygens (including phenoxy) is 1. The number of hydrogen-bond acceptors (Lipinski definition) is 9. The van der Waals surface area contributed by atoms with E-state index in [2.05, 4.69) is 26.7 Å². The van der Waals surface area contributed by atoms with Gasteiger partial charge in [0.2, 0.25) is 23.6 Å². The third kappa shape index (κ3) is 9.21. The third-order valence-corrected chi connectivity index (χ3v) is 8.00. The number of nitrogens with one attached hydrogen (secondary N) is 5. The van der Waals surface area contributed by atoms with Crippen molar-refractivity contribution < 1.29 is 38.9 Å². The molecule has 2 aliphatic heterocycles. The number of aliphatic hydroxyl groups is 2. The van der Waals surface area contributed by atoms with Crippen LogP contribution in [0.25, 0.3) is 0 Å². The predicted molar refractivity (Wildman–Crippen MR) is 159 cm³/mol. The minimum Gasteiger partial charge on any atom is -0.390 e. The SMILES string of the molecule is COCC(=O)N[C@@H](C(=O)N1NCCC[C@H]1C(=O)N[C@@H](Cc1ccccc1)[C@@H](O)[C@H](C)C(=O)N[C@H]1CCNC1=O)[C@H](O)C(C)C. The zero-order valence-electron chi connectivity index (χ0n) is 25.7. The van der Waals surface area contributed by atoms with Crippen molar-refractivity contribution in [1.29, 1.82) is 0 Å². The average Bonchev–Trinajstić information content (AvgIpc) is 3.42. The van der Waals surface area contributed by atoms with Gasteiger partial charge in [-0.15, -0.1) is 0 Å². The Morgan fingerprint density at radius 1 is 1.02 bits per heavy atom. The first kappa shape index (κ1) is 34.9. The van der Waals surface area contributed by atoms with Crippen molar-refractivity contribution in [3.63, 3.8) is 0 Å². The highest BCUT2D eigenvalue weighted by molar-refractivity contribution is 5.93. The first-order valence-electron chi connectivity index (χ1n) is 15.1. The van der Waals surface area contributed by atoms with Crippen molar-refractivity contribution >= 4 is 29.5 Å². The molecule has 5 amide bonds. The molecule has 2 aliphatic rings. The second-order valence-electron chi connectivity index (χ2n) is 11.7. The smallest absolute Gasteiger partial charge is 0.262 e. The van der Waals surface area contributed by atoms with E-state index in [1.54, 1.807) is 13.8 Å². The lowest BCUT2D eigenvalue weighted by molar-refractivity contribution is -0.153. The minimum absolute atomic E-state index is 0.186. The number of carbonyl (C=O) groups is 5. The van der Waals surface area contributed by atoms with Crippen molar-refractivity contribution in [2.24, 2.45) is 11.8 Å². The molecule has 0 aromatic heterocycles. The second-order valence-corrected chi connectivity index (χ2v) is 11.7. The lowest BCUT2D eigenvalue weighted by Gasteiger charge is -2.39. The molecule has 14 heteroatoms. The number of hydrogen-bond donors (Lipinski definition) is 7. The van der Waals surface area contributed by atoms with Gasteiger partial charge in [0.1, 0.15) is 24.7 Å². The molecule has 44 heavy (non-hydrogen) atoms. The maximum atomic E-state index is 13.8. The van der Waals surface area contributed by atoms with E-state index in [0.29, 0.717) is 25.9 Å². The van der Waals surface area contributed by atoms with Crippen LogP contribution in [-0.4, -0.2) is 108 Å². The summed E-state index contributed by atoms with van der Waals surface area (Å²) < 4.78 is 4.85. The Bertz CT molecular complexity index is 1150. The second kappa shape index (κ2) is 16.5. The molecule has 0 saturated carbocycles. The van der Waals surface area contributed by atoms with Crippen LogP contribution in [-0.2, 0) is 35.1 Å². The summed E-state index contributed by atoms with van der Waals surface area (Å²) >= 11 is 0. The molecule has 7 N–H and O–H groups in total. The van der Waals surface area contributed by atoms with Crippen LogP contribution >= 0.6 is 0 Å². The molecule has 14 nitrogen and oxygen atoms in total. The molecule has 0 aliphatic carbocycles. The third-order valence-electron chi connectivity index (χ3n) is 8.00. The van der Waals surface area contributed by atoms with Gasteiger partial charge in [-0.1, -0.05) is 51.1 Å². The fraction of sp³-hybridized carbons (Fsp3) is 0.633. The molecule has 0 radical (unpaired) electrons. The molecule has 0 spiro atoms. The van der Waals surface area contributed by atoms with E-state index < -0.39 is 71.8 Å². The zero-order chi connectivity index (χ0) is 32.4. The van der Waals surface area contributed by atoms with Crippen molar-refractivity contribution in [1.82, 2.24) is 31.7 Å². The summed E-state index contributed by atoms with van der Waals surface area (Å²) in [4.78, 5) is 64.8. The number of carbonyl (C=O) groups excluding carboxylic acids is 5. The lowest BCUT2D eigenvalue weighted by atomic mass is 9.91. The summed E-state index contributed by atoms with van der Waals surface area (Å²) in [5.74, 6) is -4.06. The van der Waals surface area contributed by atoms with E-state index in [-0.39, 0.29) is 25.4 Å². The van der Waals surface area contributed by atoms with Gasteiger partial charge in [0.25, 0.3) is 5.91 Å². The number of methoxy groups -OCH3 is 1. The van der Waals surface area contributed by atoms with Crippen LogP contribution in [0.15, 0.2) is 30.3 Å². The number of hydrazine groups is 1. The van der Waals surface area contributed by atoms with Crippen LogP contribution in [0.4, 0.5) is 0 Å². The van der Waals surface area contributed by atoms with Crippen molar-refractivity contribution in [3.05, 3.63) is 35.9 Å². The molecule has 0 bridgehead atoms. The summed E-state index contributed by atoms with van der Waals surface area (Å²) in [5, 5.41) is 34.0.